The van der Waals surface area contributed by atoms with Crippen LogP contribution in [0.5, 0.6) is 11.5 Å². The minimum Gasteiger partial charge on any atom is -0.494 e. The fraction of sp³-hybridized carbons (Fsp3) is 0.348. The quantitative estimate of drug-likeness (QED) is 0.667. The third-order valence-electron chi connectivity index (χ3n) is 5.35. The molecule has 2 heterocycles. The summed E-state index contributed by atoms with van der Waals surface area (Å²) in [6.07, 6.45) is 0.949. The summed E-state index contributed by atoms with van der Waals surface area (Å²) in [6, 6.07) is 10.4. The molecule has 8 nitrogen and oxygen atoms in total. The minimum atomic E-state index is -0.450. The van der Waals surface area contributed by atoms with Gasteiger partial charge >= 0.3 is 6.03 Å². The van der Waals surface area contributed by atoms with Crippen LogP contribution < -0.4 is 20.1 Å². The van der Waals surface area contributed by atoms with E-state index in [1.54, 1.807) is 24.3 Å². The van der Waals surface area contributed by atoms with E-state index in [4.69, 9.17) is 9.47 Å². The summed E-state index contributed by atoms with van der Waals surface area (Å²) in [5, 5.41) is 5.41. The second-order valence-electron chi connectivity index (χ2n) is 7.61. The van der Waals surface area contributed by atoms with E-state index in [0.717, 1.165) is 33.9 Å². The van der Waals surface area contributed by atoms with Gasteiger partial charge in [0.05, 0.1) is 19.7 Å². The van der Waals surface area contributed by atoms with Gasteiger partial charge in [0.15, 0.2) is 0 Å². The topological polar surface area (TPSA) is 97.0 Å². The molecule has 1 unspecified atom stereocenters. The summed E-state index contributed by atoms with van der Waals surface area (Å²) >= 11 is 0. The number of rotatable bonds is 7. The number of hydrogen-bond acceptors (Lipinski definition) is 5. The Morgan fingerprint density at radius 3 is 2.81 bits per heavy atom. The lowest BCUT2D eigenvalue weighted by Gasteiger charge is -2.16. The van der Waals surface area contributed by atoms with Crippen molar-refractivity contribution in [1.82, 2.24) is 15.5 Å². The molecule has 2 aliphatic rings. The molecule has 0 aromatic heterocycles. The third kappa shape index (κ3) is 4.33. The van der Waals surface area contributed by atoms with Gasteiger partial charge in [-0.05, 0) is 37.6 Å². The van der Waals surface area contributed by atoms with E-state index in [-0.39, 0.29) is 37.6 Å². The van der Waals surface area contributed by atoms with Crippen molar-refractivity contribution in [2.24, 2.45) is 0 Å². The Morgan fingerprint density at radius 2 is 2.06 bits per heavy atom. The molecule has 4 rings (SSSR count). The van der Waals surface area contributed by atoms with Gasteiger partial charge in [0.1, 0.15) is 17.6 Å². The van der Waals surface area contributed by atoms with Crippen LogP contribution in [0.3, 0.4) is 0 Å². The zero-order chi connectivity index (χ0) is 22.0. The van der Waals surface area contributed by atoms with E-state index in [2.05, 4.69) is 10.6 Å². The zero-order valence-electron chi connectivity index (χ0n) is 17.6. The number of fused-ring (bicyclic) bond motifs is 1. The van der Waals surface area contributed by atoms with Crippen LogP contribution in [0.2, 0.25) is 0 Å². The van der Waals surface area contributed by atoms with Gasteiger partial charge < -0.3 is 20.1 Å². The van der Waals surface area contributed by atoms with Crippen LogP contribution in [0.25, 0.3) is 0 Å². The highest BCUT2D eigenvalue weighted by Crippen LogP contribution is 2.35. The summed E-state index contributed by atoms with van der Waals surface area (Å²) in [6.45, 7) is 4.74. The first-order valence-corrected chi connectivity index (χ1v) is 10.4. The van der Waals surface area contributed by atoms with Gasteiger partial charge in [-0.25, -0.2) is 4.79 Å². The summed E-state index contributed by atoms with van der Waals surface area (Å²) in [7, 11) is 0. The summed E-state index contributed by atoms with van der Waals surface area (Å²) in [4.78, 5) is 37.8. The van der Waals surface area contributed by atoms with Crippen molar-refractivity contribution in [1.29, 1.82) is 0 Å². The molecule has 0 saturated carbocycles. The van der Waals surface area contributed by atoms with E-state index in [1.165, 1.54) is 0 Å². The molecule has 2 aliphatic heterocycles. The van der Waals surface area contributed by atoms with Crippen LogP contribution in [-0.2, 0) is 24.3 Å². The second-order valence-corrected chi connectivity index (χ2v) is 7.61. The lowest BCUT2D eigenvalue weighted by atomic mass is 10.0. The molecule has 1 saturated heterocycles. The van der Waals surface area contributed by atoms with Crippen molar-refractivity contribution in [3.05, 3.63) is 58.7 Å². The van der Waals surface area contributed by atoms with Gasteiger partial charge in [-0.3, -0.25) is 14.5 Å². The maximum Gasteiger partial charge on any atom is 0.324 e. The molecule has 0 aliphatic carbocycles. The second kappa shape index (κ2) is 8.67. The molecule has 4 amide bonds. The molecule has 162 valence electrons. The summed E-state index contributed by atoms with van der Waals surface area (Å²) < 4.78 is 11.6. The number of nitrogens with one attached hydrogen (secondary N) is 2. The number of benzene rings is 2. The third-order valence-corrected chi connectivity index (χ3v) is 5.35. The lowest BCUT2D eigenvalue weighted by Crippen LogP contribution is -2.32. The van der Waals surface area contributed by atoms with Gasteiger partial charge in [0.25, 0.3) is 5.91 Å². The number of carbonyl (C=O) groups excluding carboxylic acids is 3. The predicted molar refractivity (Wildman–Crippen MR) is 113 cm³/mol. The van der Waals surface area contributed by atoms with Crippen molar-refractivity contribution in [3.63, 3.8) is 0 Å². The molecule has 2 aromatic carbocycles. The van der Waals surface area contributed by atoms with Crippen molar-refractivity contribution in [2.45, 2.75) is 39.5 Å². The van der Waals surface area contributed by atoms with Crippen molar-refractivity contribution >= 4 is 17.8 Å². The largest absolute Gasteiger partial charge is 0.494 e. The first kappa shape index (κ1) is 20.7. The average Bonchev–Trinajstić information content (AvgIpc) is 3.27. The maximum atomic E-state index is 12.9. The lowest BCUT2D eigenvalue weighted by molar-refractivity contribution is -0.125. The minimum absolute atomic E-state index is 0.0214. The number of amides is 4. The van der Waals surface area contributed by atoms with Crippen LogP contribution in [-0.4, -0.2) is 42.0 Å². The maximum absolute atomic E-state index is 12.9. The van der Waals surface area contributed by atoms with Gasteiger partial charge in [-0.2, -0.15) is 0 Å². The van der Waals surface area contributed by atoms with Gasteiger partial charge in [-0.15, -0.1) is 0 Å². The normalized spacial score (nSPS) is 17.2. The standard InChI is InChI=1S/C23H25N3O5/c1-3-30-19-9-16-8-14(2)31-20(16)10-17(19)11-24-22(28)18-7-5-4-6-15(18)13-26-21(27)12-25-23(26)29/h4-7,9-10,14H,3,8,11-13H2,1-2H3,(H,24,28)(H,25,29). The molecule has 8 heteroatoms. The molecule has 2 N–H and O–H groups in total. The number of ether oxygens (including phenoxy) is 2. The van der Waals surface area contributed by atoms with Crippen molar-refractivity contribution in [3.8, 4) is 11.5 Å². The SMILES string of the molecule is CCOc1cc2c(cc1CNC(=O)c1ccccc1CN1C(=O)CNC1=O)OC(C)C2. The summed E-state index contributed by atoms with van der Waals surface area (Å²) in [5.41, 5.74) is 2.94. The summed E-state index contributed by atoms with van der Waals surface area (Å²) in [5.74, 6) is 0.944. The molecule has 0 bridgehead atoms. The highest BCUT2D eigenvalue weighted by molar-refractivity contribution is 6.02. The zero-order valence-corrected chi connectivity index (χ0v) is 17.6. The predicted octanol–water partition coefficient (Wildman–Crippen LogP) is 2.39. The molecule has 1 fully saturated rings. The molecule has 2 aromatic rings. The Labute approximate surface area is 180 Å². The highest BCUT2D eigenvalue weighted by atomic mass is 16.5. The van der Waals surface area contributed by atoms with Crippen LogP contribution in [0, 0.1) is 0 Å². The number of hydrogen-bond donors (Lipinski definition) is 2. The van der Waals surface area contributed by atoms with E-state index in [9.17, 15) is 14.4 Å². The Morgan fingerprint density at radius 1 is 1.26 bits per heavy atom. The van der Waals surface area contributed by atoms with Crippen LogP contribution in [0.15, 0.2) is 36.4 Å². The van der Waals surface area contributed by atoms with E-state index < -0.39 is 6.03 Å². The van der Waals surface area contributed by atoms with Crippen LogP contribution >= 0.6 is 0 Å². The number of nitrogens with zero attached hydrogens (tertiary/aromatic N) is 1. The fourth-order valence-electron chi connectivity index (χ4n) is 3.85. The highest BCUT2D eigenvalue weighted by Gasteiger charge is 2.29. The van der Waals surface area contributed by atoms with Crippen molar-refractivity contribution < 1.29 is 23.9 Å². The van der Waals surface area contributed by atoms with Gasteiger partial charge in [0.2, 0.25) is 5.91 Å². The Bertz CT molecular complexity index is 1020. The van der Waals surface area contributed by atoms with Crippen LogP contribution in [0.4, 0.5) is 4.79 Å². The average molecular weight is 423 g/mol. The van der Waals surface area contributed by atoms with Crippen LogP contribution in [0.1, 0.15) is 40.9 Å². The molecule has 31 heavy (non-hydrogen) atoms. The molecule has 0 spiro atoms. The smallest absolute Gasteiger partial charge is 0.324 e. The Balaban J connectivity index is 1.50. The number of carbonyl (C=O) groups is 3. The molecule has 0 radical (unpaired) electrons. The monoisotopic (exact) mass is 423 g/mol. The van der Waals surface area contributed by atoms with E-state index >= 15 is 0 Å². The molecular formula is C23H25N3O5. The molecule has 1 atom stereocenters. The first-order valence-electron chi connectivity index (χ1n) is 10.4. The fourth-order valence-corrected chi connectivity index (χ4v) is 3.85. The molecular weight excluding hydrogens is 398 g/mol. The number of imide groups is 1. The Kier molecular flexibility index (Phi) is 5.79. The first-order chi connectivity index (χ1) is 15.0. The Hall–Kier alpha value is -3.55. The van der Waals surface area contributed by atoms with Gasteiger partial charge in [-0.1, -0.05) is 18.2 Å². The number of urea groups is 1. The van der Waals surface area contributed by atoms with E-state index in [1.807, 2.05) is 26.0 Å². The van der Waals surface area contributed by atoms with E-state index in [0.29, 0.717) is 17.7 Å². The van der Waals surface area contributed by atoms with Crippen molar-refractivity contribution in [2.75, 3.05) is 13.2 Å². The van der Waals surface area contributed by atoms with Gasteiger partial charge in [0, 0.05) is 29.7 Å².